The number of fused-ring (bicyclic) bond motifs is 2. The number of pyridine rings is 4. The second-order valence-electron chi connectivity index (χ2n) is 31.5. The minimum absolute atomic E-state index is 0.00374. The number of imide groups is 2. The number of amides is 6. The number of benzene rings is 9. The lowest BCUT2D eigenvalue weighted by Crippen LogP contribution is -2.54. The van der Waals surface area contributed by atoms with Gasteiger partial charge in [-0.15, -0.1) is 0 Å². The second-order valence-corrected chi connectivity index (χ2v) is 31.5. The molecular formula is C102H84N8O22. The van der Waals surface area contributed by atoms with Crippen LogP contribution in [0.3, 0.4) is 0 Å². The van der Waals surface area contributed by atoms with Crippen molar-refractivity contribution in [3.8, 4) is 92.5 Å². The van der Waals surface area contributed by atoms with Gasteiger partial charge in [-0.3, -0.25) is 48.4 Å². The van der Waals surface area contributed by atoms with E-state index in [0.717, 1.165) is 85.5 Å². The molecule has 30 heteroatoms. The lowest BCUT2D eigenvalue weighted by atomic mass is 9.80. The van der Waals surface area contributed by atoms with Crippen LogP contribution in [0.15, 0.2) is 245 Å². The standard InChI is InChI=1S/C102H84N8O22/c1-9-85(111)129-81-45-59(37-41-103-81)107(60-38-42-104-82(46-60)130-86(112)10-2)101(119)75(35-33-57-21-13-14-22-57)109-97(115)71-53-77(125-67-29-17-25-63(49-67)121-5)91-93-79(127-69-31-19-27-65(51-69)123-7)55-73-90-74(56-80(128-70-32-20-28-66(52-70)124-8)94(96(90)93)92-78(54-72(98(109)116)89(71)95(91)92)126-68-30-18-26-64(50-68)122-6)100(118)110(99(73)117)76(36-34-58-23-15-16-24-58)102(120)108(61-39-43-105-83(47-61)131-87(113)11-3)62-40-44-106-84(48-62)132-88(114)12-4/h9-12,17-20,25-32,37-58,75-76H,1-4,13-16,21-24,33-36H2,5-8H3. The number of methoxy groups -OCH3 is 4. The molecular weight excluding hydrogens is 1690 g/mol. The fraction of sp³-hybridized carbons (Fsp3) is 0.196. The number of aromatic nitrogens is 4. The Morgan fingerprint density at radius 3 is 0.818 bits per heavy atom. The zero-order valence-corrected chi connectivity index (χ0v) is 72.0. The molecule has 13 aromatic rings. The van der Waals surface area contributed by atoms with Crippen LogP contribution in [0.1, 0.15) is 118 Å². The van der Waals surface area contributed by atoms with Crippen molar-refractivity contribution in [1.29, 1.82) is 0 Å². The minimum atomic E-state index is -1.74. The molecule has 6 heterocycles. The number of rotatable bonds is 34. The van der Waals surface area contributed by atoms with E-state index in [1.807, 2.05) is 0 Å². The summed E-state index contributed by atoms with van der Waals surface area (Å²) in [4.78, 5) is 176. The average Bonchev–Trinajstić information content (AvgIpc) is 0.719. The molecule has 2 saturated carbocycles. The third-order valence-electron chi connectivity index (χ3n) is 23.7. The SMILES string of the molecule is C=CC(=O)Oc1cc(N(C(=O)C(CCC2CCCC2)N2C(=O)c3cc(Oc4cccc(OC)c4)c4c5c(Oc6cccc(OC)c6)cc6c7c(cc(Oc8cccc(OC)c8)c(c8c(Oc9cccc(OC)c9)cc(c3c48)C2=O)c75)C(=O)N(C(CCC2CCCC2)C(=O)N(c2ccnc(OC(=O)C=C)c2)c2ccnc(OC(=O)C=C)c2)C6=O)c2ccnc(OC(=O)C=C)c2)ccn1. The Labute approximate surface area is 755 Å². The predicted octanol–water partition coefficient (Wildman–Crippen LogP) is 19.5. The van der Waals surface area contributed by atoms with Gasteiger partial charge in [0.25, 0.3) is 35.4 Å². The van der Waals surface area contributed by atoms with Gasteiger partial charge in [0.2, 0.25) is 23.5 Å². The number of esters is 4. The highest BCUT2D eigenvalue weighted by molar-refractivity contribution is 6.45. The number of anilines is 4. The summed E-state index contributed by atoms with van der Waals surface area (Å²) in [6.07, 6.45) is 15.8. The summed E-state index contributed by atoms with van der Waals surface area (Å²) in [5, 5.41) is 0.401. The number of carbonyl (C=O) groups excluding carboxylic acids is 10. The Bertz CT molecular complexity index is 6150. The highest BCUT2D eigenvalue weighted by Gasteiger charge is 2.49. The van der Waals surface area contributed by atoms with E-state index in [-0.39, 0.29) is 182 Å². The van der Waals surface area contributed by atoms with E-state index in [1.54, 1.807) is 97.1 Å². The van der Waals surface area contributed by atoms with E-state index in [4.69, 9.17) is 56.8 Å². The van der Waals surface area contributed by atoms with Gasteiger partial charge < -0.3 is 56.8 Å². The van der Waals surface area contributed by atoms with Crippen LogP contribution in [0, 0.1) is 11.8 Å². The second kappa shape index (κ2) is 37.7. The zero-order chi connectivity index (χ0) is 92.1. The smallest absolute Gasteiger partial charge is 0.336 e. The number of carbonyl (C=O) groups is 10. The van der Waals surface area contributed by atoms with Crippen molar-refractivity contribution in [3.63, 3.8) is 0 Å². The van der Waals surface area contributed by atoms with Crippen LogP contribution in [0.25, 0.3) is 43.1 Å². The van der Waals surface area contributed by atoms with Gasteiger partial charge in [-0.25, -0.2) is 39.1 Å². The molecule has 9 aromatic carbocycles. The highest BCUT2D eigenvalue weighted by Crippen LogP contribution is 2.59. The van der Waals surface area contributed by atoms with Crippen LogP contribution in [-0.4, -0.2) is 130 Å². The molecule has 2 unspecified atom stereocenters. The van der Waals surface area contributed by atoms with Gasteiger partial charge >= 0.3 is 23.9 Å². The van der Waals surface area contributed by atoms with Crippen molar-refractivity contribution in [2.24, 2.45) is 11.8 Å². The Hall–Kier alpha value is -16.7. The summed E-state index contributed by atoms with van der Waals surface area (Å²) in [5.41, 5.74) is -0.781. The van der Waals surface area contributed by atoms with E-state index < -0.39 is 71.4 Å². The Morgan fingerprint density at radius 1 is 0.341 bits per heavy atom. The number of hydrogen-bond donors (Lipinski definition) is 0. The van der Waals surface area contributed by atoms with E-state index in [0.29, 0.717) is 35.8 Å². The molecule has 2 aliphatic heterocycles. The maximum absolute atomic E-state index is 17.3. The molecule has 664 valence electrons. The van der Waals surface area contributed by atoms with Gasteiger partial charge in [0, 0.05) is 141 Å². The largest absolute Gasteiger partial charge is 0.497 e. The fourth-order valence-corrected chi connectivity index (χ4v) is 17.8. The van der Waals surface area contributed by atoms with Crippen LogP contribution in [-0.2, 0) is 28.8 Å². The lowest BCUT2D eigenvalue weighted by molar-refractivity contribution is -0.130. The van der Waals surface area contributed by atoms with Gasteiger partial charge in [0.05, 0.1) is 73.4 Å². The zero-order valence-electron chi connectivity index (χ0n) is 72.0. The van der Waals surface area contributed by atoms with Gasteiger partial charge in [-0.1, -0.05) is 102 Å². The third kappa shape index (κ3) is 17.3. The van der Waals surface area contributed by atoms with Crippen molar-refractivity contribution in [3.05, 3.63) is 268 Å². The first-order chi connectivity index (χ1) is 64.2. The first kappa shape index (κ1) is 87.4. The van der Waals surface area contributed by atoms with Crippen LogP contribution >= 0.6 is 0 Å². The Kier molecular flexibility index (Phi) is 25.0. The molecule has 2 fully saturated rings. The molecule has 0 bridgehead atoms. The third-order valence-corrected chi connectivity index (χ3v) is 23.7. The summed E-state index contributed by atoms with van der Waals surface area (Å²) in [6, 6.07) is 39.7. The van der Waals surface area contributed by atoms with Crippen LogP contribution in [0.5, 0.6) is 92.5 Å². The van der Waals surface area contributed by atoms with E-state index in [2.05, 4.69) is 46.3 Å². The van der Waals surface area contributed by atoms with Crippen molar-refractivity contribution >= 4 is 125 Å². The lowest BCUT2D eigenvalue weighted by Gasteiger charge is -2.38. The maximum atomic E-state index is 17.3. The molecule has 0 spiro atoms. The Balaban J connectivity index is 0.976. The summed E-state index contributed by atoms with van der Waals surface area (Å²) in [7, 11) is 5.87. The first-order valence-corrected chi connectivity index (χ1v) is 42.5. The topological polar surface area (TPSA) is 346 Å². The average molecular weight is 1770 g/mol. The molecule has 2 aliphatic carbocycles. The van der Waals surface area contributed by atoms with Gasteiger partial charge in [0.15, 0.2) is 0 Å². The van der Waals surface area contributed by atoms with Gasteiger partial charge in [-0.05, 0) is 135 Å². The first-order valence-electron chi connectivity index (χ1n) is 42.5. The van der Waals surface area contributed by atoms with E-state index in [1.165, 1.54) is 136 Å². The minimum Gasteiger partial charge on any atom is -0.497 e. The van der Waals surface area contributed by atoms with Crippen molar-refractivity contribution in [1.82, 2.24) is 29.7 Å². The number of ether oxygens (including phenoxy) is 12. The quantitative estimate of drug-likeness (QED) is 0.0119. The summed E-state index contributed by atoms with van der Waals surface area (Å²) in [5.74, 6) is -9.06. The Morgan fingerprint density at radius 2 is 0.583 bits per heavy atom. The van der Waals surface area contributed by atoms with Crippen molar-refractivity contribution < 1.29 is 105 Å². The predicted molar refractivity (Wildman–Crippen MR) is 485 cm³/mol. The molecule has 30 nitrogen and oxygen atoms in total. The monoisotopic (exact) mass is 1770 g/mol. The molecule has 0 saturated heterocycles. The molecule has 17 rings (SSSR count). The van der Waals surface area contributed by atoms with Crippen LogP contribution in [0.2, 0.25) is 0 Å². The molecule has 6 amide bonds. The summed E-state index contributed by atoms with van der Waals surface area (Å²) >= 11 is 0. The van der Waals surface area contributed by atoms with Crippen molar-refractivity contribution in [2.75, 3.05) is 38.2 Å². The maximum Gasteiger partial charge on any atom is 0.336 e. The molecule has 0 N–H and O–H groups in total. The fourth-order valence-electron chi connectivity index (χ4n) is 17.8. The summed E-state index contributed by atoms with van der Waals surface area (Å²) < 4.78 is 75.0. The highest BCUT2D eigenvalue weighted by atomic mass is 16.6. The molecule has 2 atom stereocenters. The number of nitrogens with zero attached hydrogens (tertiary/aromatic N) is 8. The van der Waals surface area contributed by atoms with Gasteiger partial charge in [-0.2, -0.15) is 0 Å². The van der Waals surface area contributed by atoms with Gasteiger partial charge in [0.1, 0.15) is 81.1 Å². The van der Waals surface area contributed by atoms with Crippen LogP contribution in [0.4, 0.5) is 22.7 Å². The van der Waals surface area contributed by atoms with Crippen LogP contribution < -0.4 is 66.6 Å². The molecule has 4 aliphatic rings. The summed E-state index contributed by atoms with van der Waals surface area (Å²) in [6.45, 7) is 14.2. The molecule has 132 heavy (non-hydrogen) atoms. The van der Waals surface area contributed by atoms with E-state index >= 15 is 28.8 Å². The molecule has 0 radical (unpaired) electrons. The molecule has 4 aromatic heterocycles. The van der Waals surface area contributed by atoms with Crippen molar-refractivity contribution in [2.45, 2.75) is 89.1 Å². The number of hydrogen-bond acceptors (Lipinski definition) is 26. The van der Waals surface area contributed by atoms with E-state index in [9.17, 15) is 19.2 Å². The normalized spacial score (nSPS) is 14.0.